The van der Waals surface area contributed by atoms with Crippen molar-refractivity contribution in [3.63, 3.8) is 0 Å². The van der Waals surface area contributed by atoms with Crippen LogP contribution in [-0.2, 0) is 0 Å². The van der Waals surface area contributed by atoms with Gasteiger partial charge in [0.25, 0.3) is 0 Å². The number of nitrogens with zero attached hydrogens (tertiary/aromatic N) is 2. The van der Waals surface area contributed by atoms with Gasteiger partial charge in [-0.05, 0) is 32.0 Å². The number of carbonyl (C=O) groups is 1. The molecule has 1 fully saturated rings. The Labute approximate surface area is 124 Å². The van der Waals surface area contributed by atoms with Crippen molar-refractivity contribution in [1.82, 2.24) is 9.88 Å². The molecule has 0 bridgehead atoms. The number of aromatic carboxylic acids is 1. The number of hydrogen-bond donors (Lipinski definition) is 1. The summed E-state index contributed by atoms with van der Waals surface area (Å²) in [5, 5.41) is 9.10. The third-order valence-corrected chi connectivity index (χ3v) is 3.80. The van der Waals surface area contributed by atoms with E-state index in [2.05, 4.69) is 4.98 Å². The second kappa shape index (κ2) is 6.19. The summed E-state index contributed by atoms with van der Waals surface area (Å²) in [6, 6.07) is 1.33. The van der Waals surface area contributed by atoms with Crippen molar-refractivity contribution in [2.75, 3.05) is 19.6 Å². The zero-order chi connectivity index (χ0) is 15.6. The van der Waals surface area contributed by atoms with Gasteiger partial charge in [0.05, 0.1) is 22.8 Å². The van der Waals surface area contributed by atoms with E-state index in [-0.39, 0.29) is 16.5 Å². The number of carboxylic acids is 1. The van der Waals surface area contributed by atoms with Gasteiger partial charge in [0, 0.05) is 12.1 Å². The molecule has 1 saturated heterocycles. The van der Waals surface area contributed by atoms with Crippen molar-refractivity contribution in [3.05, 3.63) is 28.5 Å². The maximum atomic E-state index is 12.3. The molecule has 0 unspecified atom stereocenters. The van der Waals surface area contributed by atoms with Gasteiger partial charge in [-0.25, -0.2) is 4.79 Å². The molecule has 1 aromatic heterocycles. The van der Waals surface area contributed by atoms with Crippen molar-refractivity contribution in [1.29, 1.82) is 0 Å². The first-order valence-corrected chi connectivity index (χ1v) is 6.82. The van der Waals surface area contributed by atoms with Crippen LogP contribution >= 0.6 is 11.6 Å². The molecule has 1 N–H and O–H groups in total. The largest absolute Gasteiger partial charge is 0.478 e. The van der Waals surface area contributed by atoms with Gasteiger partial charge in [0.15, 0.2) is 0 Å². The molecule has 1 aromatic rings. The van der Waals surface area contributed by atoms with Crippen molar-refractivity contribution in [2.24, 2.45) is 0 Å². The first-order valence-electron chi connectivity index (χ1n) is 6.44. The molecule has 2 rings (SSSR count). The Bertz CT molecular complexity index is 529. The minimum absolute atomic E-state index is 0.00161. The SMILES string of the molecule is O=C(O)c1cnc(C2CCN(CC(F)(F)F)CC2)c(Cl)c1. The number of piperidine rings is 1. The van der Waals surface area contributed by atoms with Gasteiger partial charge in [0.1, 0.15) is 0 Å². The molecule has 21 heavy (non-hydrogen) atoms. The summed E-state index contributed by atoms with van der Waals surface area (Å²) in [4.78, 5) is 16.2. The normalized spacial score (nSPS) is 17.9. The quantitative estimate of drug-likeness (QED) is 0.928. The average molecular weight is 323 g/mol. The second-order valence-electron chi connectivity index (χ2n) is 5.06. The lowest BCUT2D eigenvalue weighted by Crippen LogP contribution is -2.39. The summed E-state index contributed by atoms with van der Waals surface area (Å²) < 4.78 is 36.9. The van der Waals surface area contributed by atoms with Crippen LogP contribution in [0.25, 0.3) is 0 Å². The fourth-order valence-corrected chi connectivity index (χ4v) is 2.80. The fourth-order valence-electron chi connectivity index (χ4n) is 2.48. The molecule has 116 valence electrons. The zero-order valence-electron chi connectivity index (χ0n) is 11.0. The van der Waals surface area contributed by atoms with Crippen LogP contribution in [0.4, 0.5) is 13.2 Å². The van der Waals surface area contributed by atoms with Crippen molar-refractivity contribution in [3.8, 4) is 0 Å². The number of aromatic nitrogens is 1. The van der Waals surface area contributed by atoms with Crippen LogP contribution in [-0.4, -0.2) is 46.8 Å². The Kier molecular flexibility index (Phi) is 4.73. The molecule has 1 aliphatic heterocycles. The maximum absolute atomic E-state index is 12.3. The highest BCUT2D eigenvalue weighted by molar-refractivity contribution is 6.31. The number of rotatable bonds is 3. The number of likely N-dealkylation sites (tertiary alicyclic amines) is 1. The predicted molar refractivity (Wildman–Crippen MR) is 70.7 cm³/mol. The van der Waals surface area contributed by atoms with Gasteiger partial charge in [-0.3, -0.25) is 9.88 Å². The molecular formula is C13H14ClF3N2O2. The highest BCUT2D eigenvalue weighted by atomic mass is 35.5. The molecule has 8 heteroatoms. The third-order valence-electron chi connectivity index (χ3n) is 3.49. The summed E-state index contributed by atoms with van der Waals surface area (Å²) >= 11 is 6.03. The Hall–Kier alpha value is -1.34. The second-order valence-corrected chi connectivity index (χ2v) is 5.47. The molecule has 0 saturated carbocycles. The lowest BCUT2D eigenvalue weighted by molar-refractivity contribution is -0.147. The number of pyridine rings is 1. The Morgan fingerprint density at radius 3 is 2.52 bits per heavy atom. The maximum Gasteiger partial charge on any atom is 0.401 e. The van der Waals surface area contributed by atoms with E-state index in [1.165, 1.54) is 17.2 Å². The van der Waals surface area contributed by atoms with Crippen molar-refractivity contribution >= 4 is 17.6 Å². The zero-order valence-corrected chi connectivity index (χ0v) is 11.8. The molecule has 1 aliphatic rings. The van der Waals surface area contributed by atoms with Gasteiger partial charge in [-0.2, -0.15) is 13.2 Å². The number of alkyl halides is 3. The van der Waals surface area contributed by atoms with Crippen molar-refractivity contribution in [2.45, 2.75) is 24.9 Å². The summed E-state index contributed by atoms with van der Waals surface area (Å²) in [5.74, 6) is -1.15. The van der Waals surface area contributed by atoms with Crippen LogP contribution in [0.2, 0.25) is 5.02 Å². The number of hydrogen-bond acceptors (Lipinski definition) is 3. The molecule has 0 spiro atoms. The van der Waals surface area contributed by atoms with Gasteiger partial charge < -0.3 is 5.11 Å². The third kappa shape index (κ3) is 4.31. The van der Waals surface area contributed by atoms with Crippen LogP contribution in [0.1, 0.15) is 34.8 Å². The van der Waals surface area contributed by atoms with E-state index in [1.54, 1.807) is 0 Å². The van der Waals surface area contributed by atoms with Gasteiger partial charge >= 0.3 is 12.1 Å². The Morgan fingerprint density at radius 2 is 2.05 bits per heavy atom. The highest BCUT2D eigenvalue weighted by Gasteiger charge is 2.33. The highest BCUT2D eigenvalue weighted by Crippen LogP contribution is 2.32. The minimum Gasteiger partial charge on any atom is -0.478 e. The van der Waals surface area contributed by atoms with Crippen LogP contribution in [0.15, 0.2) is 12.3 Å². The topological polar surface area (TPSA) is 53.4 Å². The van der Waals surface area contributed by atoms with Crippen LogP contribution in [0.3, 0.4) is 0 Å². The molecule has 4 nitrogen and oxygen atoms in total. The van der Waals surface area contributed by atoms with E-state index in [1.807, 2.05) is 0 Å². The number of halogens is 4. The first-order chi connectivity index (χ1) is 9.76. The molecule has 0 aromatic carbocycles. The molecule has 0 aliphatic carbocycles. The van der Waals surface area contributed by atoms with Gasteiger partial charge in [-0.15, -0.1) is 0 Å². The predicted octanol–water partition coefficient (Wildman–Crippen LogP) is 3.17. The summed E-state index contributed by atoms with van der Waals surface area (Å²) in [7, 11) is 0. The molecule has 0 radical (unpaired) electrons. The lowest BCUT2D eigenvalue weighted by atomic mass is 9.92. The van der Waals surface area contributed by atoms with E-state index in [0.717, 1.165) is 0 Å². The minimum atomic E-state index is -4.19. The Morgan fingerprint density at radius 1 is 1.43 bits per heavy atom. The molecule has 0 atom stereocenters. The molecule has 2 heterocycles. The summed E-state index contributed by atoms with van der Waals surface area (Å²) in [6.07, 6.45) is -1.91. The monoisotopic (exact) mass is 322 g/mol. The first kappa shape index (κ1) is 16.0. The smallest absolute Gasteiger partial charge is 0.401 e. The molecular weight excluding hydrogens is 309 g/mol. The van der Waals surface area contributed by atoms with E-state index >= 15 is 0 Å². The number of carboxylic acid groups (broad SMARTS) is 1. The van der Waals surface area contributed by atoms with Crippen LogP contribution in [0.5, 0.6) is 0 Å². The van der Waals surface area contributed by atoms with E-state index in [4.69, 9.17) is 16.7 Å². The van der Waals surface area contributed by atoms with Gasteiger partial charge in [-0.1, -0.05) is 11.6 Å². The van der Waals surface area contributed by atoms with Crippen LogP contribution < -0.4 is 0 Å². The van der Waals surface area contributed by atoms with Gasteiger partial charge in [0.2, 0.25) is 0 Å². The summed E-state index contributed by atoms with van der Waals surface area (Å²) in [6.45, 7) is -0.259. The van der Waals surface area contributed by atoms with E-state index in [0.29, 0.717) is 31.6 Å². The lowest BCUT2D eigenvalue weighted by Gasteiger charge is -2.32. The standard InChI is InChI=1S/C13H14ClF3N2O2/c14-10-5-9(12(20)21)6-18-11(10)8-1-3-19(4-2-8)7-13(15,16)17/h5-6,8H,1-4,7H2,(H,20,21). The fraction of sp³-hybridized carbons (Fsp3) is 0.538. The van der Waals surface area contributed by atoms with E-state index in [9.17, 15) is 18.0 Å². The summed E-state index contributed by atoms with van der Waals surface area (Å²) in [5.41, 5.74) is 0.562. The van der Waals surface area contributed by atoms with E-state index < -0.39 is 18.7 Å². The van der Waals surface area contributed by atoms with Crippen LogP contribution in [0, 0.1) is 0 Å². The van der Waals surface area contributed by atoms with Crippen molar-refractivity contribution < 1.29 is 23.1 Å². The molecule has 0 amide bonds. The Balaban J connectivity index is 2.01. The average Bonchev–Trinajstić information content (AvgIpc) is 2.38.